The molecule has 2 heterocycles. The molecule has 8 heteroatoms. The van der Waals surface area contributed by atoms with Gasteiger partial charge in [0.2, 0.25) is 10.0 Å². The first-order valence-corrected chi connectivity index (χ1v) is 10.9. The van der Waals surface area contributed by atoms with E-state index in [2.05, 4.69) is 10.3 Å². The van der Waals surface area contributed by atoms with Gasteiger partial charge in [-0.15, -0.1) is 0 Å². The lowest BCUT2D eigenvalue weighted by molar-refractivity contribution is -0.115. The Hall–Kier alpha value is -2.22. The van der Waals surface area contributed by atoms with Gasteiger partial charge in [-0.2, -0.15) is 4.31 Å². The summed E-state index contributed by atoms with van der Waals surface area (Å²) in [4.78, 5) is 17.3. The van der Waals surface area contributed by atoms with Crippen molar-refractivity contribution in [2.45, 2.75) is 30.3 Å². The van der Waals surface area contributed by atoms with Crippen molar-refractivity contribution in [1.29, 1.82) is 0 Å². The third kappa shape index (κ3) is 3.45. The van der Waals surface area contributed by atoms with Crippen LogP contribution in [0.4, 0.5) is 0 Å². The number of rotatable bonds is 3. The summed E-state index contributed by atoms with van der Waals surface area (Å²) >= 11 is 5.94. The smallest absolute Gasteiger partial charge is 0.272 e. The molecule has 1 saturated heterocycles. The normalized spacial score (nSPS) is 19.5. The highest BCUT2D eigenvalue weighted by molar-refractivity contribution is 7.89. The van der Waals surface area contributed by atoms with Crippen molar-refractivity contribution >= 4 is 33.2 Å². The monoisotopic (exact) mass is 417 g/mol. The molecule has 1 amide bonds. The number of carbonyl (C=O) groups excluding carboxylic acids is 1. The minimum Gasteiger partial charge on any atom is -0.326 e. The molecular weight excluding hydrogens is 398 g/mol. The predicted molar refractivity (Wildman–Crippen MR) is 108 cm³/mol. The fourth-order valence-electron chi connectivity index (χ4n) is 3.58. The van der Waals surface area contributed by atoms with Gasteiger partial charge in [0.1, 0.15) is 11.4 Å². The molecule has 0 aliphatic carbocycles. The Bertz CT molecular complexity index is 1060. The van der Waals surface area contributed by atoms with Gasteiger partial charge in [0, 0.05) is 36.5 Å². The molecule has 2 aromatic carbocycles. The second-order valence-corrected chi connectivity index (χ2v) is 9.55. The van der Waals surface area contributed by atoms with Crippen LogP contribution in [0, 0.1) is 6.92 Å². The zero-order valence-electron chi connectivity index (χ0n) is 15.4. The van der Waals surface area contributed by atoms with Gasteiger partial charge in [-0.3, -0.25) is 9.79 Å². The first-order chi connectivity index (χ1) is 13.3. The van der Waals surface area contributed by atoms with E-state index in [-0.39, 0.29) is 23.9 Å². The second kappa shape index (κ2) is 6.99. The van der Waals surface area contributed by atoms with Crippen LogP contribution in [0.2, 0.25) is 5.02 Å². The molecule has 0 atom stereocenters. The fourth-order valence-corrected chi connectivity index (χ4v) is 5.32. The Kier molecular flexibility index (Phi) is 4.77. The van der Waals surface area contributed by atoms with Gasteiger partial charge in [-0.25, -0.2) is 8.42 Å². The van der Waals surface area contributed by atoms with Gasteiger partial charge in [-0.05, 0) is 25.1 Å². The summed E-state index contributed by atoms with van der Waals surface area (Å²) in [7, 11) is -3.63. The standard InChI is InChI=1S/C20H20ClN3O3S/c1-14-5-7-15(8-6-14)18-19(25)23-20(22-18)9-11-24(12-10-20)28(26,27)17-4-2-3-16(21)13-17/h2-8,13H,9-12H2,1H3,(H,23,25). The maximum atomic E-state index is 12.9. The van der Waals surface area contributed by atoms with Crippen LogP contribution in [-0.2, 0) is 14.8 Å². The molecule has 2 aliphatic heterocycles. The Morgan fingerprint density at radius 2 is 1.79 bits per heavy atom. The van der Waals surface area contributed by atoms with Crippen molar-refractivity contribution in [1.82, 2.24) is 9.62 Å². The largest absolute Gasteiger partial charge is 0.326 e. The van der Waals surface area contributed by atoms with Crippen LogP contribution >= 0.6 is 11.6 Å². The summed E-state index contributed by atoms with van der Waals surface area (Å²) < 4.78 is 27.2. The van der Waals surface area contributed by atoms with E-state index in [0.29, 0.717) is 23.6 Å². The molecule has 28 heavy (non-hydrogen) atoms. The first-order valence-electron chi connectivity index (χ1n) is 9.04. The van der Waals surface area contributed by atoms with Gasteiger partial charge in [0.05, 0.1) is 4.90 Å². The molecule has 2 aliphatic rings. The zero-order chi connectivity index (χ0) is 19.9. The highest BCUT2D eigenvalue weighted by atomic mass is 35.5. The van der Waals surface area contributed by atoms with Crippen LogP contribution < -0.4 is 5.32 Å². The quantitative estimate of drug-likeness (QED) is 0.833. The maximum Gasteiger partial charge on any atom is 0.272 e. The number of hydrogen-bond donors (Lipinski definition) is 1. The molecular formula is C20H20ClN3O3S. The molecule has 0 aromatic heterocycles. The van der Waals surface area contributed by atoms with Gasteiger partial charge < -0.3 is 5.32 Å². The highest BCUT2D eigenvalue weighted by Gasteiger charge is 2.44. The van der Waals surface area contributed by atoms with E-state index in [0.717, 1.165) is 11.1 Å². The Labute approximate surface area is 169 Å². The Balaban J connectivity index is 1.54. The lowest BCUT2D eigenvalue weighted by atomic mass is 10.00. The minimum absolute atomic E-state index is 0.176. The van der Waals surface area contributed by atoms with E-state index in [1.54, 1.807) is 12.1 Å². The van der Waals surface area contributed by atoms with Crippen molar-refractivity contribution in [3.63, 3.8) is 0 Å². The number of halogens is 1. The number of benzene rings is 2. The lowest BCUT2D eigenvalue weighted by Gasteiger charge is -2.36. The fraction of sp³-hybridized carbons (Fsp3) is 0.300. The van der Waals surface area contributed by atoms with E-state index in [9.17, 15) is 13.2 Å². The summed E-state index contributed by atoms with van der Waals surface area (Å²) in [5.41, 5.74) is 1.55. The van der Waals surface area contributed by atoms with Gasteiger partial charge in [-0.1, -0.05) is 47.5 Å². The number of sulfonamides is 1. The number of aryl methyl sites for hydroxylation is 1. The van der Waals surface area contributed by atoms with Crippen molar-refractivity contribution in [3.05, 3.63) is 64.7 Å². The van der Waals surface area contributed by atoms with Crippen LogP contribution in [0.1, 0.15) is 24.0 Å². The average Bonchev–Trinajstić information content (AvgIpc) is 2.98. The summed E-state index contributed by atoms with van der Waals surface area (Å²) in [6, 6.07) is 13.9. The molecule has 1 fully saturated rings. The summed E-state index contributed by atoms with van der Waals surface area (Å²) in [6.07, 6.45) is 0.849. The van der Waals surface area contributed by atoms with E-state index in [1.807, 2.05) is 31.2 Å². The third-order valence-electron chi connectivity index (χ3n) is 5.20. The zero-order valence-corrected chi connectivity index (χ0v) is 16.9. The van der Waals surface area contributed by atoms with E-state index < -0.39 is 15.7 Å². The van der Waals surface area contributed by atoms with Crippen LogP contribution in [-0.4, -0.2) is 43.1 Å². The molecule has 146 valence electrons. The topological polar surface area (TPSA) is 78.8 Å². The van der Waals surface area contributed by atoms with Gasteiger partial charge >= 0.3 is 0 Å². The molecule has 0 bridgehead atoms. The Morgan fingerprint density at radius 3 is 2.43 bits per heavy atom. The third-order valence-corrected chi connectivity index (χ3v) is 7.33. The van der Waals surface area contributed by atoms with Gasteiger partial charge in [0.25, 0.3) is 5.91 Å². The van der Waals surface area contributed by atoms with Crippen LogP contribution in [0.5, 0.6) is 0 Å². The van der Waals surface area contributed by atoms with Crippen molar-refractivity contribution in [3.8, 4) is 0 Å². The minimum atomic E-state index is -3.63. The maximum absolute atomic E-state index is 12.9. The SMILES string of the molecule is Cc1ccc(C2=NC3(CCN(S(=O)(=O)c4cccc(Cl)c4)CC3)NC2=O)cc1. The van der Waals surface area contributed by atoms with Gasteiger partial charge in [0.15, 0.2) is 0 Å². The number of aliphatic imine (C=N–C) groups is 1. The summed E-state index contributed by atoms with van der Waals surface area (Å²) in [5.74, 6) is -0.213. The first kappa shape index (κ1) is 19.1. The summed E-state index contributed by atoms with van der Waals surface area (Å²) in [6.45, 7) is 2.54. The number of nitrogens with zero attached hydrogens (tertiary/aromatic N) is 2. The average molecular weight is 418 g/mol. The van der Waals surface area contributed by atoms with Crippen molar-refractivity contribution in [2.75, 3.05) is 13.1 Å². The van der Waals surface area contributed by atoms with Crippen LogP contribution in [0.25, 0.3) is 0 Å². The number of nitrogens with one attached hydrogen (secondary N) is 1. The number of hydrogen-bond acceptors (Lipinski definition) is 4. The molecule has 6 nitrogen and oxygen atoms in total. The predicted octanol–water partition coefficient (Wildman–Crippen LogP) is 2.75. The van der Waals surface area contributed by atoms with E-state index >= 15 is 0 Å². The Morgan fingerprint density at radius 1 is 1.11 bits per heavy atom. The number of amides is 1. The molecule has 0 saturated carbocycles. The number of piperidine rings is 1. The van der Waals surface area contributed by atoms with Crippen molar-refractivity contribution in [2.24, 2.45) is 4.99 Å². The highest BCUT2D eigenvalue weighted by Crippen LogP contribution is 2.31. The van der Waals surface area contributed by atoms with Crippen LogP contribution in [0.15, 0.2) is 58.4 Å². The summed E-state index contributed by atoms with van der Waals surface area (Å²) in [5, 5.41) is 3.35. The molecule has 1 N–H and O–H groups in total. The van der Waals surface area contributed by atoms with E-state index in [1.165, 1.54) is 16.4 Å². The van der Waals surface area contributed by atoms with E-state index in [4.69, 9.17) is 11.6 Å². The molecule has 4 rings (SSSR count). The molecule has 0 radical (unpaired) electrons. The lowest BCUT2D eigenvalue weighted by Crippen LogP contribution is -2.52. The molecule has 0 unspecified atom stereocenters. The van der Waals surface area contributed by atoms with Crippen LogP contribution in [0.3, 0.4) is 0 Å². The second-order valence-electron chi connectivity index (χ2n) is 7.17. The number of carbonyl (C=O) groups is 1. The molecule has 1 spiro atoms. The van der Waals surface area contributed by atoms with Crippen molar-refractivity contribution < 1.29 is 13.2 Å². The molecule has 2 aromatic rings.